The molecule has 0 aromatic rings. The van der Waals surface area contributed by atoms with Gasteiger partial charge in [0.05, 0.1) is 12.7 Å². The van der Waals surface area contributed by atoms with E-state index < -0.39 is 12.3 Å². The van der Waals surface area contributed by atoms with Crippen LogP contribution in [0.4, 0.5) is 4.79 Å². The Kier molecular flexibility index (Phi) is 29.0. The van der Waals surface area contributed by atoms with E-state index in [1.165, 1.54) is 0 Å². The minimum atomic E-state index is -0.531. The van der Waals surface area contributed by atoms with Crippen LogP contribution in [0.25, 0.3) is 0 Å². The molecule has 0 aromatic carbocycles. The molecule has 1 aliphatic heterocycles. The minimum Gasteiger partial charge on any atom is -0.430 e. The second-order valence-electron chi connectivity index (χ2n) is 3.53. The van der Waals surface area contributed by atoms with Gasteiger partial charge in [-0.15, -0.1) is 17.0 Å². The Labute approximate surface area is 131 Å². The molecule has 1 fully saturated rings. The zero-order valence-corrected chi connectivity index (χ0v) is 14.0. The van der Waals surface area contributed by atoms with Gasteiger partial charge in [0.25, 0.3) is 0 Å². The van der Waals surface area contributed by atoms with Gasteiger partial charge in [0, 0.05) is 13.1 Å². The van der Waals surface area contributed by atoms with E-state index in [1.807, 2.05) is 13.8 Å². The molecule has 0 aromatic heterocycles. The van der Waals surface area contributed by atoms with Crippen molar-refractivity contribution in [3.8, 4) is 0 Å². The molecule has 0 radical (unpaired) electrons. The Morgan fingerprint density at radius 2 is 1.85 bits per heavy atom. The lowest BCUT2D eigenvalue weighted by atomic mass is 10.3. The lowest BCUT2D eigenvalue weighted by molar-refractivity contribution is 0.0923. The molecule has 0 saturated carbocycles. The van der Waals surface area contributed by atoms with Crippen molar-refractivity contribution in [3.63, 3.8) is 0 Å². The zero-order valence-electron chi connectivity index (χ0n) is 12.3. The predicted octanol–water partition coefficient (Wildman–Crippen LogP) is 0.325. The Morgan fingerprint density at radius 3 is 1.95 bits per heavy atom. The average Bonchev–Trinajstić information content (AvgIpc) is 2.84. The van der Waals surface area contributed by atoms with Crippen LogP contribution in [0.15, 0.2) is 0 Å². The number of hydrogen-bond acceptors (Lipinski definition) is 8. The SMILES string of the molecule is Br.CCC(O)CO.CCC1COC(=O)O1.N.NCCN. The molecule has 9 heteroatoms. The summed E-state index contributed by atoms with van der Waals surface area (Å²) in [5.74, 6) is 0. The molecule has 20 heavy (non-hydrogen) atoms. The molecule has 9 N–H and O–H groups in total. The molecule has 126 valence electrons. The first-order valence-corrected chi connectivity index (χ1v) is 6.07. The van der Waals surface area contributed by atoms with Crippen molar-refractivity contribution in [1.29, 1.82) is 0 Å². The summed E-state index contributed by atoms with van der Waals surface area (Å²) in [5.41, 5.74) is 9.81. The first-order chi connectivity index (χ1) is 8.55. The van der Waals surface area contributed by atoms with Crippen LogP contribution in [0, 0.1) is 0 Å². The number of ether oxygens (including phenoxy) is 2. The van der Waals surface area contributed by atoms with Crippen molar-refractivity contribution in [1.82, 2.24) is 6.15 Å². The maximum atomic E-state index is 10.2. The molecule has 2 unspecified atom stereocenters. The largest absolute Gasteiger partial charge is 0.508 e. The van der Waals surface area contributed by atoms with Gasteiger partial charge < -0.3 is 37.3 Å². The van der Waals surface area contributed by atoms with Gasteiger partial charge in [-0.05, 0) is 12.8 Å². The fourth-order valence-corrected chi connectivity index (χ4v) is 0.695. The normalized spacial score (nSPS) is 16.7. The van der Waals surface area contributed by atoms with Crippen LogP contribution in [-0.2, 0) is 9.47 Å². The van der Waals surface area contributed by atoms with E-state index in [2.05, 4.69) is 9.47 Å². The number of carbonyl (C=O) groups is 1. The second kappa shape index (κ2) is 20.9. The van der Waals surface area contributed by atoms with E-state index >= 15 is 0 Å². The van der Waals surface area contributed by atoms with Crippen LogP contribution in [0.1, 0.15) is 26.7 Å². The Bertz CT molecular complexity index is 195. The van der Waals surface area contributed by atoms with Gasteiger partial charge in [-0.1, -0.05) is 13.8 Å². The number of nitrogens with two attached hydrogens (primary N) is 2. The van der Waals surface area contributed by atoms with Crippen molar-refractivity contribution in [2.24, 2.45) is 11.5 Å². The summed E-state index contributed by atoms with van der Waals surface area (Å²) in [4.78, 5) is 10.2. The van der Waals surface area contributed by atoms with Crippen LogP contribution < -0.4 is 17.6 Å². The molecular formula is C11H30BrN3O5. The Morgan fingerprint density at radius 1 is 1.35 bits per heavy atom. The van der Waals surface area contributed by atoms with Gasteiger partial charge in [-0.3, -0.25) is 0 Å². The predicted molar refractivity (Wildman–Crippen MR) is 83.3 cm³/mol. The van der Waals surface area contributed by atoms with Crippen LogP contribution in [-0.4, -0.2) is 54.9 Å². The highest BCUT2D eigenvalue weighted by Gasteiger charge is 2.22. The maximum absolute atomic E-state index is 10.2. The van der Waals surface area contributed by atoms with Crippen molar-refractivity contribution in [2.75, 3.05) is 26.3 Å². The molecule has 1 saturated heterocycles. The lowest BCUT2D eigenvalue weighted by Gasteiger charge is -1.97. The van der Waals surface area contributed by atoms with Gasteiger partial charge in [0.2, 0.25) is 0 Å². The third-order valence-corrected chi connectivity index (χ3v) is 1.95. The van der Waals surface area contributed by atoms with Gasteiger partial charge in [0.1, 0.15) is 12.7 Å². The maximum Gasteiger partial charge on any atom is 0.508 e. The number of aliphatic hydroxyl groups is 2. The summed E-state index contributed by atoms with van der Waals surface area (Å²) in [5, 5.41) is 16.5. The molecule has 1 heterocycles. The zero-order chi connectivity index (χ0) is 14.4. The van der Waals surface area contributed by atoms with E-state index in [1.54, 1.807) is 0 Å². The summed E-state index contributed by atoms with van der Waals surface area (Å²) in [6.07, 6.45) is 0.437. The fraction of sp³-hybridized carbons (Fsp3) is 0.909. The fourth-order valence-electron chi connectivity index (χ4n) is 0.695. The van der Waals surface area contributed by atoms with Crippen molar-refractivity contribution < 1.29 is 24.5 Å². The molecule has 2 atom stereocenters. The smallest absolute Gasteiger partial charge is 0.430 e. The van der Waals surface area contributed by atoms with Gasteiger partial charge in [-0.25, -0.2) is 4.79 Å². The summed E-state index contributed by atoms with van der Waals surface area (Å²) in [6.45, 7) is 5.28. The quantitative estimate of drug-likeness (QED) is 0.445. The molecule has 0 amide bonds. The van der Waals surface area contributed by atoms with E-state index in [0.29, 0.717) is 26.1 Å². The Hall–Kier alpha value is -0.450. The second-order valence-corrected chi connectivity index (χ2v) is 3.53. The van der Waals surface area contributed by atoms with Gasteiger partial charge in [0.15, 0.2) is 0 Å². The number of halogens is 1. The highest BCUT2D eigenvalue weighted by Crippen LogP contribution is 2.07. The third kappa shape index (κ3) is 19.9. The summed E-state index contributed by atoms with van der Waals surface area (Å²) in [7, 11) is 0. The minimum absolute atomic E-state index is 0. The van der Waals surface area contributed by atoms with Crippen LogP contribution in [0.5, 0.6) is 0 Å². The van der Waals surface area contributed by atoms with E-state index in [4.69, 9.17) is 21.7 Å². The number of cyclic esters (lactones) is 2. The molecule has 0 aliphatic carbocycles. The van der Waals surface area contributed by atoms with Crippen molar-refractivity contribution in [2.45, 2.75) is 38.9 Å². The van der Waals surface area contributed by atoms with Crippen LogP contribution in [0.3, 0.4) is 0 Å². The molecular weight excluding hydrogens is 334 g/mol. The molecule has 0 spiro atoms. The first kappa shape index (κ1) is 27.8. The van der Waals surface area contributed by atoms with Crippen LogP contribution in [0.2, 0.25) is 0 Å². The summed E-state index contributed by atoms with van der Waals surface area (Å²) >= 11 is 0. The Balaban J connectivity index is -0.0000000969. The first-order valence-electron chi connectivity index (χ1n) is 6.07. The van der Waals surface area contributed by atoms with Gasteiger partial charge in [-0.2, -0.15) is 0 Å². The molecule has 0 bridgehead atoms. The van der Waals surface area contributed by atoms with E-state index in [-0.39, 0.29) is 35.8 Å². The highest BCUT2D eigenvalue weighted by molar-refractivity contribution is 8.93. The number of aliphatic hydroxyl groups excluding tert-OH is 2. The molecule has 1 rings (SSSR count). The standard InChI is InChI=1S/C5H8O3.C4H10O2.C2H8N2.BrH.H3N/c1-2-4-3-7-5(6)8-4;1-2-4(6)3-5;3-1-2-4;;/h4H,2-3H2,1H3;4-6H,2-3H2,1H3;1-4H2;1H;1H3. The van der Waals surface area contributed by atoms with E-state index in [9.17, 15) is 4.79 Å². The molecule has 1 aliphatic rings. The van der Waals surface area contributed by atoms with Crippen LogP contribution >= 0.6 is 17.0 Å². The average molecular weight is 364 g/mol. The highest BCUT2D eigenvalue weighted by atomic mass is 79.9. The monoisotopic (exact) mass is 363 g/mol. The lowest BCUT2D eigenvalue weighted by Crippen LogP contribution is -2.11. The van der Waals surface area contributed by atoms with E-state index in [0.717, 1.165) is 6.42 Å². The van der Waals surface area contributed by atoms with Crippen molar-refractivity contribution in [3.05, 3.63) is 0 Å². The summed E-state index contributed by atoms with van der Waals surface area (Å²) in [6, 6.07) is 0. The summed E-state index contributed by atoms with van der Waals surface area (Å²) < 4.78 is 9.14. The van der Waals surface area contributed by atoms with Gasteiger partial charge >= 0.3 is 6.16 Å². The van der Waals surface area contributed by atoms with Crippen molar-refractivity contribution >= 4 is 23.1 Å². The number of carbonyl (C=O) groups excluding carboxylic acids is 1. The topological polar surface area (TPSA) is 163 Å². The number of hydrogen-bond donors (Lipinski definition) is 5. The molecule has 8 nitrogen and oxygen atoms in total. The number of rotatable bonds is 4. The third-order valence-electron chi connectivity index (χ3n) is 1.95.